The number of nitrogen functional groups attached to an aromatic ring is 1. The number of aliphatic hydroxyl groups is 5. The van der Waals surface area contributed by atoms with Crippen molar-refractivity contribution in [2.24, 2.45) is 11.8 Å². The summed E-state index contributed by atoms with van der Waals surface area (Å²) in [5.41, 5.74) is 4.90. The predicted octanol–water partition coefficient (Wildman–Crippen LogP) is 0.859. The van der Waals surface area contributed by atoms with Crippen molar-refractivity contribution < 1.29 is 44.6 Å². The standard InChI is InChI=1S/C28H30N2O9/c1-13-9-16-21(17(32)10-13)24(34)22-15(23(16)33)3-2-4-18(22)38-27-26(36)28(37,25(35)19(12-31)39-27)7-5-14-6-8-30-20(29)11-14/h2-4,6,8-11,16,19,21,25-27,31-32,35-37H,5,7,12H2,1H3,(H2,29,30)/t16-,19+,21-,25+,26-,27+,28-/m0/s1. The Labute approximate surface area is 223 Å². The number of nitrogens with two attached hydrogens (primary N) is 1. The van der Waals surface area contributed by atoms with Crippen LogP contribution in [0.5, 0.6) is 5.75 Å². The van der Waals surface area contributed by atoms with E-state index >= 15 is 0 Å². The molecule has 7 atom stereocenters. The smallest absolute Gasteiger partial charge is 0.229 e. The van der Waals surface area contributed by atoms with Gasteiger partial charge in [-0.05, 0) is 49.6 Å². The van der Waals surface area contributed by atoms with E-state index in [0.717, 1.165) is 0 Å². The summed E-state index contributed by atoms with van der Waals surface area (Å²) in [5.74, 6) is -2.97. The van der Waals surface area contributed by atoms with Crippen LogP contribution in [0.2, 0.25) is 0 Å². The van der Waals surface area contributed by atoms with Crippen molar-refractivity contribution in [1.82, 2.24) is 4.98 Å². The van der Waals surface area contributed by atoms with Crippen molar-refractivity contribution in [2.45, 2.75) is 50.0 Å². The highest BCUT2D eigenvalue weighted by molar-refractivity contribution is 6.19. The largest absolute Gasteiger partial charge is 0.511 e. The van der Waals surface area contributed by atoms with Crippen LogP contribution in [0.4, 0.5) is 5.82 Å². The molecule has 7 N–H and O–H groups in total. The molecule has 2 aliphatic carbocycles. The van der Waals surface area contributed by atoms with Gasteiger partial charge in [-0.25, -0.2) is 4.98 Å². The fourth-order valence-corrected chi connectivity index (χ4v) is 5.59. The minimum Gasteiger partial charge on any atom is -0.511 e. The quantitative estimate of drug-likeness (QED) is 0.305. The Hall–Kier alpha value is -3.61. The van der Waals surface area contributed by atoms with Crippen LogP contribution in [0, 0.1) is 11.8 Å². The summed E-state index contributed by atoms with van der Waals surface area (Å²) < 4.78 is 11.5. The number of carbonyl (C=O) groups excluding carboxylic acids is 2. The maximum atomic E-state index is 13.5. The number of aryl methyl sites for hydroxylation is 1. The minimum atomic E-state index is -2.18. The van der Waals surface area contributed by atoms with Crippen molar-refractivity contribution >= 4 is 17.4 Å². The van der Waals surface area contributed by atoms with E-state index in [1.165, 1.54) is 30.5 Å². The second-order valence-electron chi connectivity index (χ2n) is 10.2. The molecule has 0 spiro atoms. The third kappa shape index (κ3) is 4.62. The first-order valence-corrected chi connectivity index (χ1v) is 12.6. The van der Waals surface area contributed by atoms with Gasteiger partial charge in [-0.15, -0.1) is 0 Å². The molecule has 1 saturated heterocycles. The maximum absolute atomic E-state index is 13.5. The molecule has 1 aliphatic heterocycles. The molecule has 39 heavy (non-hydrogen) atoms. The molecule has 3 aliphatic rings. The van der Waals surface area contributed by atoms with E-state index in [0.29, 0.717) is 11.1 Å². The lowest BCUT2D eigenvalue weighted by atomic mass is 9.70. The van der Waals surface area contributed by atoms with Crippen molar-refractivity contribution in [3.8, 4) is 5.75 Å². The van der Waals surface area contributed by atoms with Gasteiger partial charge >= 0.3 is 0 Å². The Morgan fingerprint density at radius 2 is 1.92 bits per heavy atom. The number of ether oxygens (including phenoxy) is 2. The van der Waals surface area contributed by atoms with E-state index in [1.807, 2.05) is 0 Å². The number of pyridine rings is 1. The van der Waals surface area contributed by atoms with Crippen molar-refractivity contribution in [1.29, 1.82) is 0 Å². The fraction of sp³-hybridized carbons (Fsp3) is 0.393. The average molecular weight is 539 g/mol. The summed E-state index contributed by atoms with van der Waals surface area (Å²) in [7, 11) is 0. The zero-order valence-electron chi connectivity index (χ0n) is 21.1. The number of fused-ring (bicyclic) bond motifs is 2. The van der Waals surface area contributed by atoms with Gasteiger partial charge in [-0.3, -0.25) is 9.59 Å². The molecule has 0 saturated carbocycles. The van der Waals surface area contributed by atoms with Crippen LogP contribution in [-0.2, 0) is 11.2 Å². The molecule has 11 heteroatoms. The highest BCUT2D eigenvalue weighted by atomic mass is 16.7. The number of carbonyl (C=O) groups is 2. The number of rotatable bonds is 6. The lowest BCUT2D eigenvalue weighted by Gasteiger charge is -2.48. The Morgan fingerprint density at radius 1 is 1.15 bits per heavy atom. The van der Waals surface area contributed by atoms with Gasteiger partial charge in [0.2, 0.25) is 6.29 Å². The number of Topliss-reactive ketones (excluding diaryl/α,β-unsaturated/α-hetero) is 2. The number of benzene rings is 1. The third-order valence-electron chi connectivity index (χ3n) is 7.64. The van der Waals surface area contributed by atoms with Crippen LogP contribution < -0.4 is 10.5 Å². The summed E-state index contributed by atoms with van der Waals surface area (Å²) >= 11 is 0. The number of allylic oxidation sites excluding steroid dienone is 4. The Kier molecular flexibility index (Phi) is 7.04. The number of nitrogens with zero attached hydrogens (tertiary/aromatic N) is 1. The van der Waals surface area contributed by atoms with Crippen molar-refractivity contribution in [2.75, 3.05) is 12.3 Å². The molecule has 0 unspecified atom stereocenters. The van der Waals surface area contributed by atoms with E-state index in [-0.39, 0.29) is 47.1 Å². The fourth-order valence-electron chi connectivity index (χ4n) is 5.59. The van der Waals surface area contributed by atoms with E-state index in [2.05, 4.69) is 4.98 Å². The van der Waals surface area contributed by atoms with Crippen LogP contribution in [0.25, 0.3) is 0 Å². The lowest BCUT2D eigenvalue weighted by molar-refractivity contribution is -0.315. The van der Waals surface area contributed by atoms with Gasteiger partial charge in [-0.1, -0.05) is 23.8 Å². The van der Waals surface area contributed by atoms with Crippen LogP contribution in [0.15, 0.2) is 60.0 Å². The second-order valence-corrected chi connectivity index (χ2v) is 10.2. The van der Waals surface area contributed by atoms with Gasteiger partial charge in [0.05, 0.1) is 24.0 Å². The van der Waals surface area contributed by atoms with E-state index in [9.17, 15) is 35.1 Å². The van der Waals surface area contributed by atoms with E-state index in [4.69, 9.17) is 15.2 Å². The number of hydrogen-bond acceptors (Lipinski definition) is 11. The Balaban J connectivity index is 1.46. The third-order valence-corrected chi connectivity index (χ3v) is 7.64. The molecule has 1 aromatic carbocycles. The van der Waals surface area contributed by atoms with Gasteiger partial charge in [0, 0.05) is 11.8 Å². The first kappa shape index (κ1) is 27.0. The maximum Gasteiger partial charge on any atom is 0.229 e. The van der Waals surface area contributed by atoms with Gasteiger partial charge in [0.25, 0.3) is 0 Å². The van der Waals surface area contributed by atoms with E-state index in [1.54, 1.807) is 25.1 Å². The molecule has 0 radical (unpaired) electrons. The molecule has 1 fully saturated rings. The molecule has 0 amide bonds. The predicted molar refractivity (Wildman–Crippen MR) is 137 cm³/mol. The first-order valence-electron chi connectivity index (χ1n) is 12.6. The minimum absolute atomic E-state index is 0.0880. The summed E-state index contributed by atoms with van der Waals surface area (Å²) in [6.45, 7) is 1.02. The first-order chi connectivity index (χ1) is 18.5. The normalized spacial score (nSPS) is 32.1. The molecular weight excluding hydrogens is 508 g/mol. The molecule has 0 bridgehead atoms. The van der Waals surface area contributed by atoms with Gasteiger partial charge in [0.1, 0.15) is 41.2 Å². The van der Waals surface area contributed by atoms with Gasteiger partial charge < -0.3 is 40.7 Å². The zero-order valence-corrected chi connectivity index (χ0v) is 21.1. The highest BCUT2D eigenvalue weighted by Gasteiger charge is 2.56. The average Bonchev–Trinajstić information content (AvgIpc) is 2.90. The Bertz CT molecular complexity index is 1370. The summed E-state index contributed by atoms with van der Waals surface area (Å²) in [4.78, 5) is 30.7. The summed E-state index contributed by atoms with van der Waals surface area (Å²) in [6.07, 6.45) is -1.85. The van der Waals surface area contributed by atoms with Crippen LogP contribution in [0.1, 0.15) is 39.6 Å². The molecule has 206 valence electrons. The van der Waals surface area contributed by atoms with Crippen LogP contribution in [0.3, 0.4) is 0 Å². The van der Waals surface area contributed by atoms with Crippen LogP contribution in [-0.4, -0.2) is 78.9 Å². The Morgan fingerprint density at radius 3 is 2.64 bits per heavy atom. The number of ketones is 2. The second kappa shape index (κ2) is 10.2. The topological polar surface area (TPSA) is 193 Å². The highest BCUT2D eigenvalue weighted by Crippen LogP contribution is 2.42. The monoisotopic (exact) mass is 538 g/mol. The SMILES string of the molecule is CC1=C[C@@H]2C(=O)c3cccc(O[C@@H]4O[C@H](CO)[C@@H](O)[C@@](O)(CCc5ccnc(N)c5)[C@H]4O)c3C(=O)[C@@H]2C(O)=C1. The lowest BCUT2D eigenvalue weighted by Crippen LogP contribution is -2.68. The number of hydrogen-bond donors (Lipinski definition) is 6. The van der Waals surface area contributed by atoms with E-state index < -0.39 is 54.4 Å². The molecule has 1 aromatic heterocycles. The van der Waals surface area contributed by atoms with Gasteiger partial charge in [-0.2, -0.15) is 0 Å². The summed E-state index contributed by atoms with van der Waals surface area (Å²) in [6, 6.07) is 7.65. The number of anilines is 1. The van der Waals surface area contributed by atoms with Crippen LogP contribution >= 0.6 is 0 Å². The molecule has 2 aromatic rings. The molecule has 5 rings (SSSR count). The van der Waals surface area contributed by atoms with Crippen molar-refractivity contribution in [3.05, 3.63) is 76.7 Å². The summed E-state index contributed by atoms with van der Waals surface area (Å²) in [5, 5.41) is 53.8. The zero-order chi connectivity index (χ0) is 28.1. The molecule has 11 nitrogen and oxygen atoms in total. The number of aliphatic hydroxyl groups excluding tert-OH is 4. The molecule has 2 heterocycles. The number of aromatic nitrogens is 1. The van der Waals surface area contributed by atoms with Crippen molar-refractivity contribution in [3.63, 3.8) is 0 Å². The molecular formula is C28H30N2O9. The van der Waals surface area contributed by atoms with Gasteiger partial charge in [0.15, 0.2) is 11.6 Å².